The second kappa shape index (κ2) is 8.52. The van der Waals surface area contributed by atoms with Crippen LogP contribution in [-0.2, 0) is 4.79 Å². The number of carbonyl (C=O) groups excluding carboxylic acids is 1. The van der Waals surface area contributed by atoms with Gasteiger partial charge < -0.3 is 9.80 Å². The quantitative estimate of drug-likeness (QED) is 0.584. The van der Waals surface area contributed by atoms with Crippen LogP contribution in [0.25, 0.3) is 0 Å². The molecular formula is C22H21Cl2N7O. The Hall–Kier alpha value is -2.97. The zero-order valence-electron chi connectivity index (χ0n) is 17.4. The third kappa shape index (κ3) is 3.73. The molecule has 32 heavy (non-hydrogen) atoms. The lowest BCUT2D eigenvalue weighted by molar-refractivity contribution is -0.134. The van der Waals surface area contributed by atoms with Gasteiger partial charge in [0.05, 0.1) is 22.3 Å². The summed E-state index contributed by atoms with van der Waals surface area (Å²) in [7, 11) is 0. The van der Waals surface area contributed by atoms with Crippen LogP contribution in [-0.4, -0.2) is 62.4 Å². The van der Waals surface area contributed by atoms with Gasteiger partial charge in [0.15, 0.2) is 5.82 Å². The van der Waals surface area contributed by atoms with Gasteiger partial charge in [0.25, 0.3) is 0 Å². The molecule has 0 radical (unpaired) electrons. The zero-order valence-corrected chi connectivity index (χ0v) is 18.9. The summed E-state index contributed by atoms with van der Waals surface area (Å²) < 4.78 is 1.79. The summed E-state index contributed by atoms with van der Waals surface area (Å²) in [6.07, 6.45) is 5.15. The Bertz CT molecular complexity index is 1170. The number of hydrogen-bond acceptors (Lipinski definition) is 6. The van der Waals surface area contributed by atoms with Gasteiger partial charge in [0.2, 0.25) is 11.9 Å². The fraction of sp³-hybridized carbons (Fsp3) is 0.318. The molecule has 0 aliphatic carbocycles. The highest BCUT2D eigenvalue weighted by atomic mass is 35.5. The first kappa shape index (κ1) is 20.9. The highest BCUT2D eigenvalue weighted by molar-refractivity contribution is 6.42. The van der Waals surface area contributed by atoms with E-state index in [0.29, 0.717) is 48.0 Å². The topological polar surface area (TPSA) is 79.5 Å². The number of benzene rings is 1. The molecule has 2 aliphatic heterocycles. The lowest BCUT2D eigenvalue weighted by Gasteiger charge is -2.39. The van der Waals surface area contributed by atoms with Gasteiger partial charge in [-0.1, -0.05) is 29.3 Å². The highest BCUT2D eigenvalue weighted by Crippen LogP contribution is 2.38. The summed E-state index contributed by atoms with van der Waals surface area (Å²) in [4.78, 5) is 31.0. The molecule has 5 rings (SSSR count). The lowest BCUT2D eigenvalue weighted by Crippen LogP contribution is -2.53. The minimum absolute atomic E-state index is 0.0251. The Balaban J connectivity index is 1.43. The van der Waals surface area contributed by atoms with E-state index < -0.39 is 5.92 Å². The van der Waals surface area contributed by atoms with Crippen LogP contribution in [0.3, 0.4) is 0 Å². The van der Waals surface area contributed by atoms with Crippen LogP contribution in [0.4, 0.5) is 11.8 Å². The van der Waals surface area contributed by atoms with Gasteiger partial charge >= 0.3 is 0 Å². The number of amides is 1. The first-order chi connectivity index (χ1) is 15.5. The van der Waals surface area contributed by atoms with E-state index >= 15 is 0 Å². The first-order valence-electron chi connectivity index (χ1n) is 10.4. The molecule has 0 saturated carbocycles. The number of carbonyl (C=O) groups is 1. The summed E-state index contributed by atoms with van der Waals surface area (Å²) in [5.74, 6) is 0.940. The van der Waals surface area contributed by atoms with Crippen molar-refractivity contribution in [2.24, 2.45) is 10.9 Å². The highest BCUT2D eigenvalue weighted by Gasteiger charge is 2.41. The lowest BCUT2D eigenvalue weighted by atomic mass is 9.87. The monoisotopic (exact) mass is 469 g/mol. The average Bonchev–Trinajstić information content (AvgIpc) is 3.28. The van der Waals surface area contributed by atoms with Crippen molar-refractivity contribution in [3.63, 3.8) is 0 Å². The summed E-state index contributed by atoms with van der Waals surface area (Å²) >= 11 is 12.5. The van der Waals surface area contributed by atoms with Crippen LogP contribution in [0.5, 0.6) is 0 Å². The van der Waals surface area contributed by atoms with Crippen LogP contribution in [0.2, 0.25) is 10.0 Å². The number of anilines is 1. The van der Waals surface area contributed by atoms with E-state index in [0.717, 1.165) is 11.3 Å². The van der Waals surface area contributed by atoms with Crippen molar-refractivity contribution in [3.8, 4) is 0 Å². The molecule has 4 heterocycles. The van der Waals surface area contributed by atoms with Crippen LogP contribution in [0, 0.1) is 5.92 Å². The Kier molecular flexibility index (Phi) is 5.57. The normalized spacial score (nSPS) is 20.7. The molecule has 2 unspecified atom stereocenters. The van der Waals surface area contributed by atoms with Gasteiger partial charge in [-0.05, 0) is 30.7 Å². The van der Waals surface area contributed by atoms with Gasteiger partial charge in [-0.25, -0.2) is 19.6 Å². The van der Waals surface area contributed by atoms with Crippen LogP contribution in [0.15, 0.2) is 53.9 Å². The van der Waals surface area contributed by atoms with Crippen molar-refractivity contribution in [1.82, 2.24) is 24.6 Å². The number of piperazine rings is 1. The fourth-order valence-corrected chi connectivity index (χ4v) is 4.66. The van der Waals surface area contributed by atoms with Gasteiger partial charge in [0, 0.05) is 50.4 Å². The average molecular weight is 470 g/mol. The molecule has 10 heteroatoms. The second-order valence-electron chi connectivity index (χ2n) is 7.84. The number of rotatable bonds is 3. The number of nitrogens with zero attached hydrogens (tertiary/aromatic N) is 7. The van der Waals surface area contributed by atoms with E-state index in [1.165, 1.54) is 0 Å². The molecule has 1 fully saturated rings. The number of hydrogen-bond donors (Lipinski definition) is 0. The van der Waals surface area contributed by atoms with Crippen molar-refractivity contribution >= 4 is 46.6 Å². The van der Waals surface area contributed by atoms with Crippen LogP contribution < -0.4 is 4.90 Å². The molecule has 0 N–H and O–H groups in total. The standard InChI is InChI=1S/C22H21Cl2N7O/c1-14-19(21(32)29-9-11-30(12-10-29)22-25-6-2-7-26-22)20(31-18(28-14)5-8-27-31)15-3-4-16(23)17(24)13-15/h2-8,13,19-20H,9-12H2,1H3. The maximum Gasteiger partial charge on any atom is 0.234 e. The minimum Gasteiger partial charge on any atom is -0.338 e. The Morgan fingerprint density at radius 1 is 1.00 bits per heavy atom. The number of aliphatic imine (C=N–C) groups is 1. The number of aromatic nitrogens is 4. The van der Waals surface area contributed by atoms with E-state index in [1.807, 2.05) is 30.0 Å². The van der Waals surface area contributed by atoms with Gasteiger partial charge in [-0.15, -0.1) is 0 Å². The largest absolute Gasteiger partial charge is 0.338 e. The fourth-order valence-electron chi connectivity index (χ4n) is 4.35. The zero-order chi connectivity index (χ0) is 22.2. The Morgan fingerprint density at radius 2 is 1.75 bits per heavy atom. The third-order valence-electron chi connectivity index (χ3n) is 5.95. The summed E-state index contributed by atoms with van der Waals surface area (Å²) in [5.41, 5.74) is 1.63. The van der Waals surface area contributed by atoms with E-state index in [2.05, 4.69) is 25.0 Å². The molecule has 3 aromatic rings. The number of halogens is 2. The first-order valence-corrected chi connectivity index (χ1v) is 11.1. The molecule has 1 amide bonds. The van der Waals surface area contributed by atoms with Crippen molar-refractivity contribution in [2.45, 2.75) is 13.0 Å². The molecule has 2 aromatic heterocycles. The van der Waals surface area contributed by atoms with Crippen molar-refractivity contribution in [1.29, 1.82) is 0 Å². The number of fused-ring (bicyclic) bond motifs is 1. The molecule has 0 spiro atoms. The van der Waals surface area contributed by atoms with E-state index in [1.54, 1.807) is 35.4 Å². The molecule has 1 saturated heterocycles. The molecule has 2 atom stereocenters. The second-order valence-corrected chi connectivity index (χ2v) is 8.66. The van der Waals surface area contributed by atoms with E-state index in [9.17, 15) is 4.79 Å². The van der Waals surface area contributed by atoms with Crippen molar-refractivity contribution in [3.05, 3.63) is 64.5 Å². The van der Waals surface area contributed by atoms with Gasteiger partial charge in [0.1, 0.15) is 5.92 Å². The predicted molar refractivity (Wildman–Crippen MR) is 124 cm³/mol. The third-order valence-corrected chi connectivity index (χ3v) is 6.69. The minimum atomic E-state index is -0.487. The van der Waals surface area contributed by atoms with E-state index in [4.69, 9.17) is 23.2 Å². The molecule has 0 bridgehead atoms. The smallest absolute Gasteiger partial charge is 0.234 e. The maximum absolute atomic E-state index is 13.8. The summed E-state index contributed by atoms with van der Waals surface area (Å²) in [6.45, 7) is 4.41. The van der Waals surface area contributed by atoms with Crippen molar-refractivity contribution in [2.75, 3.05) is 31.1 Å². The Labute approximate surface area is 195 Å². The maximum atomic E-state index is 13.8. The predicted octanol–water partition coefficient (Wildman–Crippen LogP) is 3.64. The summed E-state index contributed by atoms with van der Waals surface area (Å²) in [5, 5.41) is 5.39. The molecule has 1 aromatic carbocycles. The molecular weight excluding hydrogens is 449 g/mol. The van der Waals surface area contributed by atoms with Crippen molar-refractivity contribution < 1.29 is 4.79 Å². The van der Waals surface area contributed by atoms with Crippen LogP contribution >= 0.6 is 23.2 Å². The molecule has 8 nitrogen and oxygen atoms in total. The van der Waals surface area contributed by atoms with E-state index in [-0.39, 0.29) is 11.9 Å². The SMILES string of the molecule is CC1=Nc2ccnn2C(c2ccc(Cl)c(Cl)c2)C1C(=O)N1CCN(c2ncccn2)CC1. The van der Waals surface area contributed by atoms with Gasteiger partial charge in [-0.3, -0.25) is 4.79 Å². The summed E-state index contributed by atoms with van der Waals surface area (Å²) in [6, 6.07) is 8.74. The van der Waals surface area contributed by atoms with Crippen LogP contribution in [0.1, 0.15) is 18.5 Å². The Morgan fingerprint density at radius 3 is 2.47 bits per heavy atom. The molecule has 164 valence electrons. The molecule has 2 aliphatic rings. The van der Waals surface area contributed by atoms with Gasteiger partial charge in [-0.2, -0.15) is 5.10 Å².